The van der Waals surface area contributed by atoms with Crippen molar-refractivity contribution < 1.29 is 14.6 Å². The monoisotopic (exact) mass is 243 g/mol. The smallest absolute Gasteiger partial charge is 0.321 e. The third kappa shape index (κ3) is 2.65. The molecule has 1 aromatic carbocycles. The van der Waals surface area contributed by atoms with Crippen molar-refractivity contribution in [3.8, 4) is 5.75 Å². The second kappa shape index (κ2) is 5.18. The quantitative estimate of drug-likeness (QED) is 0.847. The van der Waals surface area contributed by atoms with Crippen LogP contribution in [0, 0.1) is 0 Å². The predicted molar refractivity (Wildman–Crippen MR) is 62.0 cm³/mol. The van der Waals surface area contributed by atoms with Crippen LogP contribution in [0.1, 0.15) is 18.4 Å². The molecule has 4 nitrogen and oxygen atoms in total. The summed E-state index contributed by atoms with van der Waals surface area (Å²) in [6.07, 6.45) is 0. The number of hydrogen-bond donors (Lipinski definition) is 2. The highest BCUT2D eigenvalue weighted by atomic mass is 35.5. The van der Waals surface area contributed by atoms with Crippen LogP contribution >= 0.6 is 11.6 Å². The number of aliphatic carboxylic acids is 1. The van der Waals surface area contributed by atoms with Crippen molar-refractivity contribution in [1.29, 1.82) is 0 Å². The minimum Gasteiger partial charge on any atom is -0.495 e. The number of carboxylic acids is 1. The summed E-state index contributed by atoms with van der Waals surface area (Å²) >= 11 is 5.94. The lowest BCUT2D eigenvalue weighted by molar-refractivity contribution is -0.139. The van der Waals surface area contributed by atoms with E-state index in [1.165, 1.54) is 7.11 Å². The van der Waals surface area contributed by atoms with Crippen LogP contribution in [0.2, 0.25) is 5.02 Å². The van der Waals surface area contributed by atoms with Gasteiger partial charge in [-0.15, -0.1) is 0 Å². The minimum atomic E-state index is -1.03. The van der Waals surface area contributed by atoms with Crippen LogP contribution in [-0.2, 0) is 4.79 Å². The van der Waals surface area contributed by atoms with Crippen molar-refractivity contribution in [2.75, 3.05) is 7.11 Å². The van der Waals surface area contributed by atoms with Gasteiger partial charge in [0.1, 0.15) is 11.8 Å². The Labute approximate surface area is 99.0 Å². The molecule has 0 aliphatic rings. The topological polar surface area (TPSA) is 72.5 Å². The molecule has 0 amide bonds. The summed E-state index contributed by atoms with van der Waals surface area (Å²) in [7, 11) is 1.52. The van der Waals surface area contributed by atoms with Gasteiger partial charge in [0.25, 0.3) is 0 Å². The normalized spacial score (nSPS) is 14.2. The molecule has 0 spiro atoms. The molecule has 88 valence electrons. The van der Waals surface area contributed by atoms with E-state index in [0.29, 0.717) is 10.8 Å². The molecule has 0 bridgehead atoms. The molecule has 0 heterocycles. The lowest BCUT2D eigenvalue weighted by atomic mass is 9.94. The van der Waals surface area contributed by atoms with E-state index in [1.807, 2.05) is 0 Å². The minimum absolute atomic E-state index is 0.305. The maximum Gasteiger partial charge on any atom is 0.321 e. The van der Waals surface area contributed by atoms with Crippen LogP contribution in [0.5, 0.6) is 5.75 Å². The molecule has 0 aliphatic heterocycles. The zero-order valence-electron chi connectivity index (χ0n) is 9.11. The fraction of sp³-hybridized carbons (Fsp3) is 0.364. The maximum absolute atomic E-state index is 10.7. The number of ether oxygens (including phenoxy) is 1. The second-order valence-corrected chi connectivity index (χ2v) is 3.95. The Morgan fingerprint density at radius 3 is 2.62 bits per heavy atom. The molecule has 1 aromatic rings. The summed E-state index contributed by atoms with van der Waals surface area (Å²) in [5.41, 5.74) is 6.32. The van der Waals surface area contributed by atoms with Crippen molar-refractivity contribution in [2.45, 2.75) is 18.9 Å². The van der Waals surface area contributed by atoms with Crippen molar-refractivity contribution >= 4 is 17.6 Å². The number of halogens is 1. The number of benzene rings is 1. The average molecular weight is 244 g/mol. The van der Waals surface area contributed by atoms with Crippen LogP contribution in [0.4, 0.5) is 0 Å². The van der Waals surface area contributed by atoms with Crippen molar-refractivity contribution in [3.05, 3.63) is 28.8 Å². The molecular formula is C11H14ClNO3. The highest BCUT2D eigenvalue weighted by Gasteiger charge is 2.22. The summed E-state index contributed by atoms with van der Waals surface area (Å²) < 4.78 is 5.01. The molecule has 3 N–H and O–H groups in total. The van der Waals surface area contributed by atoms with E-state index in [-0.39, 0.29) is 5.92 Å². The average Bonchev–Trinajstić information content (AvgIpc) is 2.26. The zero-order chi connectivity index (χ0) is 12.3. The Balaban J connectivity index is 2.97. The molecule has 2 unspecified atom stereocenters. The van der Waals surface area contributed by atoms with E-state index in [2.05, 4.69) is 0 Å². The van der Waals surface area contributed by atoms with Gasteiger partial charge in [-0.05, 0) is 17.7 Å². The predicted octanol–water partition coefficient (Wildman–Crippen LogP) is 1.86. The van der Waals surface area contributed by atoms with Crippen LogP contribution in [-0.4, -0.2) is 24.2 Å². The summed E-state index contributed by atoms with van der Waals surface area (Å²) in [4.78, 5) is 10.7. The van der Waals surface area contributed by atoms with Crippen LogP contribution in [0.3, 0.4) is 0 Å². The molecule has 2 atom stereocenters. The standard InChI is InChI=1S/C11H14ClNO3/c1-6(10(13)11(14)15)7-3-4-9(16-2)8(12)5-7/h3-6,10H,13H2,1-2H3,(H,14,15). The van der Waals surface area contributed by atoms with Crippen LogP contribution in [0.25, 0.3) is 0 Å². The molecule has 0 saturated carbocycles. The van der Waals surface area contributed by atoms with E-state index in [4.69, 9.17) is 27.2 Å². The molecule has 0 saturated heterocycles. The van der Waals surface area contributed by atoms with Gasteiger partial charge in [0.15, 0.2) is 0 Å². The van der Waals surface area contributed by atoms with E-state index >= 15 is 0 Å². The Morgan fingerprint density at radius 1 is 1.56 bits per heavy atom. The molecule has 0 radical (unpaired) electrons. The SMILES string of the molecule is COc1ccc(C(C)C(N)C(=O)O)cc1Cl. The largest absolute Gasteiger partial charge is 0.495 e. The first-order valence-electron chi connectivity index (χ1n) is 4.79. The molecule has 5 heteroatoms. The van der Waals surface area contributed by atoms with Gasteiger partial charge in [-0.2, -0.15) is 0 Å². The van der Waals surface area contributed by atoms with Gasteiger partial charge >= 0.3 is 5.97 Å². The molecular weight excluding hydrogens is 230 g/mol. The van der Waals surface area contributed by atoms with Gasteiger partial charge in [-0.3, -0.25) is 4.79 Å². The highest BCUT2D eigenvalue weighted by Crippen LogP contribution is 2.29. The molecule has 1 rings (SSSR count). The van der Waals surface area contributed by atoms with Gasteiger partial charge in [0.05, 0.1) is 12.1 Å². The third-order valence-electron chi connectivity index (χ3n) is 2.53. The van der Waals surface area contributed by atoms with Gasteiger partial charge < -0.3 is 15.6 Å². The van der Waals surface area contributed by atoms with E-state index in [9.17, 15) is 4.79 Å². The maximum atomic E-state index is 10.7. The zero-order valence-corrected chi connectivity index (χ0v) is 9.86. The number of hydrogen-bond acceptors (Lipinski definition) is 3. The lowest BCUT2D eigenvalue weighted by Crippen LogP contribution is -2.35. The first-order valence-corrected chi connectivity index (χ1v) is 5.17. The van der Waals surface area contributed by atoms with Crippen molar-refractivity contribution in [2.24, 2.45) is 5.73 Å². The third-order valence-corrected chi connectivity index (χ3v) is 2.82. The molecule has 0 fully saturated rings. The van der Waals surface area contributed by atoms with Gasteiger partial charge in [0, 0.05) is 5.92 Å². The number of carbonyl (C=O) groups is 1. The molecule has 0 aromatic heterocycles. The Kier molecular flexibility index (Phi) is 4.15. The van der Waals surface area contributed by atoms with Gasteiger partial charge in [-0.1, -0.05) is 24.6 Å². The first kappa shape index (κ1) is 12.8. The Hall–Kier alpha value is -1.26. The fourth-order valence-electron chi connectivity index (χ4n) is 1.39. The Morgan fingerprint density at radius 2 is 2.19 bits per heavy atom. The van der Waals surface area contributed by atoms with Crippen molar-refractivity contribution in [3.63, 3.8) is 0 Å². The van der Waals surface area contributed by atoms with E-state index in [0.717, 1.165) is 5.56 Å². The summed E-state index contributed by atoms with van der Waals surface area (Å²) in [6, 6.07) is 4.19. The number of carboxylic acid groups (broad SMARTS) is 1. The lowest BCUT2D eigenvalue weighted by Gasteiger charge is -2.17. The van der Waals surface area contributed by atoms with Crippen LogP contribution < -0.4 is 10.5 Å². The first-order chi connectivity index (χ1) is 7.47. The number of nitrogens with two attached hydrogens (primary N) is 1. The second-order valence-electron chi connectivity index (χ2n) is 3.55. The van der Waals surface area contributed by atoms with Gasteiger partial charge in [-0.25, -0.2) is 0 Å². The number of methoxy groups -OCH3 is 1. The Bertz CT molecular complexity index is 395. The van der Waals surface area contributed by atoms with Crippen LogP contribution in [0.15, 0.2) is 18.2 Å². The van der Waals surface area contributed by atoms with E-state index in [1.54, 1.807) is 25.1 Å². The van der Waals surface area contributed by atoms with E-state index < -0.39 is 12.0 Å². The number of rotatable bonds is 4. The summed E-state index contributed by atoms with van der Waals surface area (Å²) in [5, 5.41) is 9.25. The van der Waals surface area contributed by atoms with Gasteiger partial charge in [0.2, 0.25) is 0 Å². The summed E-state index contributed by atoms with van der Waals surface area (Å²) in [5.74, 6) is -0.776. The highest BCUT2D eigenvalue weighted by molar-refractivity contribution is 6.32. The van der Waals surface area contributed by atoms with Crippen molar-refractivity contribution in [1.82, 2.24) is 0 Å². The fourth-order valence-corrected chi connectivity index (χ4v) is 1.65. The molecule has 16 heavy (non-hydrogen) atoms. The molecule has 0 aliphatic carbocycles. The summed E-state index contributed by atoms with van der Waals surface area (Å²) in [6.45, 7) is 1.75.